The van der Waals surface area contributed by atoms with Gasteiger partial charge in [0, 0.05) is 18.9 Å². The standard InChI is InChI=1S/C21H19NO4/c1-26-21(25)18-14-22(12-15-8-4-2-5-9-15)13-17(20(23)24)19(18)16-10-6-3-7-11-16/h2-11,13-14,19H,12H2,1H3,(H,23,24). The van der Waals surface area contributed by atoms with Gasteiger partial charge < -0.3 is 14.7 Å². The first-order valence-corrected chi connectivity index (χ1v) is 8.20. The lowest BCUT2D eigenvalue weighted by Crippen LogP contribution is -2.28. The first-order valence-electron chi connectivity index (χ1n) is 8.20. The minimum Gasteiger partial charge on any atom is -0.478 e. The van der Waals surface area contributed by atoms with Crippen molar-refractivity contribution in [1.29, 1.82) is 0 Å². The molecule has 2 aromatic carbocycles. The number of carboxylic acids is 1. The summed E-state index contributed by atoms with van der Waals surface area (Å²) in [4.78, 5) is 26.0. The third-order valence-corrected chi connectivity index (χ3v) is 4.24. The summed E-state index contributed by atoms with van der Waals surface area (Å²) in [5.74, 6) is -2.27. The summed E-state index contributed by atoms with van der Waals surface area (Å²) >= 11 is 0. The van der Waals surface area contributed by atoms with Crippen LogP contribution in [0.15, 0.2) is 84.2 Å². The highest BCUT2D eigenvalue weighted by atomic mass is 16.5. The van der Waals surface area contributed by atoms with E-state index in [1.165, 1.54) is 7.11 Å². The van der Waals surface area contributed by atoms with Gasteiger partial charge in [-0.3, -0.25) is 0 Å². The quantitative estimate of drug-likeness (QED) is 0.839. The third-order valence-electron chi connectivity index (χ3n) is 4.24. The summed E-state index contributed by atoms with van der Waals surface area (Å²) in [6.45, 7) is 0.458. The van der Waals surface area contributed by atoms with E-state index < -0.39 is 17.9 Å². The molecule has 1 aliphatic rings. The Morgan fingerprint density at radius 2 is 1.54 bits per heavy atom. The number of rotatable bonds is 5. The molecular weight excluding hydrogens is 330 g/mol. The Bertz CT molecular complexity index is 856. The number of aliphatic carboxylic acids is 1. The Hall–Kier alpha value is -3.34. The monoisotopic (exact) mass is 349 g/mol. The normalized spacial score (nSPS) is 16.5. The van der Waals surface area contributed by atoms with E-state index in [-0.39, 0.29) is 5.57 Å². The number of benzene rings is 2. The van der Waals surface area contributed by atoms with Gasteiger partial charge in [0.05, 0.1) is 24.2 Å². The molecular formula is C21H19NO4. The zero-order valence-corrected chi connectivity index (χ0v) is 14.3. The smallest absolute Gasteiger partial charge is 0.336 e. The number of carbonyl (C=O) groups excluding carboxylic acids is 1. The molecule has 1 unspecified atom stereocenters. The fourth-order valence-electron chi connectivity index (χ4n) is 3.07. The van der Waals surface area contributed by atoms with E-state index in [0.717, 1.165) is 11.1 Å². The Morgan fingerprint density at radius 3 is 2.12 bits per heavy atom. The van der Waals surface area contributed by atoms with Crippen LogP contribution >= 0.6 is 0 Å². The molecule has 132 valence electrons. The zero-order valence-electron chi connectivity index (χ0n) is 14.3. The maximum Gasteiger partial charge on any atom is 0.336 e. The van der Waals surface area contributed by atoms with Crippen LogP contribution in [0.5, 0.6) is 0 Å². The molecule has 0 spiro atoms. The molecule has 1 N–H and O–H groups in total. The van der Waals surface area contributed by atoms with E-state index >= 15 is 0 Å². The molecule has 0 radical (unpaired) electrons. The average molecular weight is 349 g/mol. The van der Waals surface area contributed by atoms with Crippen molar-refractivity contribution in [2.24, 2.45) is 0 Å². The molecule has 1 aliphatic heterocycles. The fraction of sp³-hybridized carbons (Fsp3) is 0.143. The molecule has 0 amide bonds. The van der Waals surface area contributed by atoms with Gasteiger partial charge in [0.25, 0.3) is 0 Å². The van der Waals surface area contributed by atoms with Crippen molar-refractivity contribution < 1.29 is 19.4 Å². The Kier molecular flexibility index (Phi) is 5.17. The van der Waals surface area contributed by atoms with Crippen LogP contribution in [0.25, 0.3) is 0 Å². The van der Waals surface area contributed by atoms with E-state index in [4.69, 9.17) is 4.74 Å². The van der Waals surface area contributed by atoms with Crippen LogP contribution in [0.1, 0.15) is 17.0 Å². The summed E-state index contributed by atoms with van der Waals surface area (Å²) in [6.07, 6.45) is 3.25. The topological polar surface area (TPSA) is 66.8 Å². The molecule has 0 fully saturated rings. The van der Waals surface area contributed by atoms with Crippen LogP contribution in [-0.4, -0.2) is 29.1 Å². The largest absolute Gasteiger partial charge is 0.478 e. The van der Waals surface area contributed by atoms with Crippen molar-refractivity contribution in [3.63, 3.8) is 0 Å². The SMILES string of the molecule is COC(=O)C1=CN(Cc2ccccc2)C=C(C(=O)O)C1c1ccccc1. The van der Waals surface area contributed by atoms with E-state index in [2.05, 4.69) is 0 Å². The van der Waals surface area contributed by atoms with Gasteiger partial charge in [-0.25, -0.2) is 9.59 Å². The average Bonchev–Trinajstić information content (AvgIpc) is 2.68. The predicted molar refractivity (Wildman–Crippen MR) is 97.0 cm³/mol. The minimum atomic E-state index is -1.06. The van der Waals surface area contributed by atoms with Crippen molar-refractivity contribution in [2.75, 3.05) is 7.11 Å². The van der Waals surface area contributed by atoms with Crippen LogP contribution in [-0.2, 0) is 20.9 Å². The highest BCUT2D eigenvalue weighted by molar-refractivity contribution is 5.97. The molecule has 1 atom stereocenters. The minimum absolute atomic E-state index is 0.134. The molecule has 0 saturated heterocycles. The highest BCUT2D eigenvalue weighted by Gasteiger charge is 2.34. The third kappa shape index (κ3) is 3.67. The van der Waals surface area contributed by atoms with Gasteiger partial charge in [0.15, 0.2) is 0 Å². The maximum absolute atomic E-state index is 12.4. The van der Waals surface area contributed by atoms with Gasteiger partial charge >= 0.3 is 11.9 Å². The zero-order chi connectivity index (χ0) is 18.5. The number of carboxylic acid groups (broad SMARTS) is 1. The molecule has 2 aromatic rings. The van der Waals surface area contributed by atoms with Crippen LogP contribution in [0.4, 0.5) is 0 Å². The van der Waals surface area contributed by atoms with Crippen molar-refractivity contribution >= 4 is 11.9 Å². The number of methoxy groups -OCH3 is 1. The number of hydrogen-bond acceptors (Lipinski definition) is 4. The van der Waals surface area contributed by atoms with Gasteiger partial charge in [0.1, 0.15) is 0 Å². The Balaban J connectivity index is 2.04. The second-order valence-electron chi connectivity index (χ2n) is 5.97. The summed E-state index contributed by atoms with van der Waals surface area (Å²) in [7, 11) is 1.30. The van der Waals surface area contributed by atoms with Crippen molar-refractivity contribution in [3.05, 3.63) is 95.3 Å². The number of hydrogen-bond donors (Lipinski definition) is 1. The van der Waals surface area contributed by atoms with Crippen LogP contribution in [0, 0.1) is 0 Å². The number of carbonyl (C=O) groups is 2. The lowest BCUT2D eigenvalue weighted by molar-refractivity contribution is -0.136. The van der Waals surface area contributed by atoms with Gasteiger partial charge in [-0.15, -0.1) is 0 Å². The second kappa shape index (κ2) is 7.70. The Labute approximate surface area is 151 Å². The lowest BCUT2D eigenvalue weighted by atomic mass is 9.83. The van der Waals surface area contributed by atoms with E-state index in [1.54, 1.807) is 17.3 Å². The number of ether oxygens (including phenoxy) is 1. The summed E-state index contributed by atoms with van der Waals surface area (Å²) in [5.41, 5.74) is 2.17. The second-order valence-corrected chi connectivity index (χ2v) is 5.97. The van der Waals surface area contributed by atoms with Crippen molar-refractivity contribution in [2.45, 2.75) is 12.5 Å². The lowest BCUT2D eigenvalue weighted by Gasteiger charge is -2.29. The van der Waals surface area contributed by atoms with E-state index in [9.17, 15) is 14.7 Å². The van der Waals surface area contributed by atoms with Gasteiger partial charge in [-0.2, -0.15) is 0 Å². The molecule has 3 rings (SSSR count). The van der Waals surface area contributed by atoms with Crippen molar-refractivity contribution in [3.8, 4) is 0 Å². The van der Waals surface area contributed by atoms with E-state index in [0.29, 0.717) is 12.1 Å². The van der Waals surface area contributed by atoms with Crippen LogP contribution in [0.3, 0.4) is 0 Å². The number of nitrogens with zero attached hydrogens (tertiary/aromatic N) is 1. The molecule has 5 nitrogen and oxygen atoms in total. The van der Waals surface area contributed by atoms with Gasteiger partial charge in [0.2, 0.25) is 0 Å². The summed E-state index contributed by atoms with van der Waals surface area (Å²) in [6, 6.07) is 18.7. The van der Waals surface area contributed by atoms with Gasteiger partial charge in [-0.1, -0.05) is 60.7 Å². The highest BCUT2D eigenvalue weighted by Crippen LogP contribution is 2.36. The first-order chi connectivity index (χ1) is 12.6. The predicted octanol–water partition coefficient (Wildman–Crippen LogP) is 3.31. The Morgan fingerprint density at radius 1 is 0.962 bits per heavy atom. The van der Waals surface area contributed by atoms with Crippen molar-refractivity contribution in [1.82, 2.24) is 4.90 Å². The number of esters is 1. The summed E-state index contributed by atoms with van der Waals surface area (Å²) in [5, 5.41) is 9.75. The molecule has 1 heterocycles. The molecule has 0 aliphatic carbocycles. The maximum atomic E-state index is 12.4. The van der Waals surface area contributed by atoms with Crippen LogP contribution in [0.2, 0.25) is 0 Å². The van der Waals surface area contributed by atoms with Gasteiger partial charge in [-0.05, 0) is 11.1 Å². The summed E-state index contributed by atoms with van der Waals surface area (Å²) < 4.78 is 4.91. The fourth-order valence-corrected chi connectivity index (χ4v) is 3.07. The molecule has 5 heteroatoms. The first kappa shape index (κ1) is 17.5. The van der Waals surface area contributed by atoms with Crippen LogP contribution < -0.4 is 0 Å². The molecule has 0 aromatic heterocycles. The van der Waals surface area contributed by atoms with E-state index in [1.807, 2.05) is 60.7 Å². The molecule has 0 saturated carbocycles. The molecule has 0 bridgehead atoms. The molecule has 26 heavy (non-hydrogen) atoms.